The van der Waals surface area contributed by atoms with Gasteiger partial charge in [-0.05, 0) is 65.4 Å². The third kappa shape index (κ3) is 4.60. The quantitative estimate of drug-likeness (QED) is 0.349. The smallest absolute Gasteiger partial charge is 0.335 e. The monoisotopic (exact) mass is 576 g/mol. The molecule has 0 aliphatic carbocycles. The van der Waals surface area contributed by atoms with Gasteiger partial charge in [-0.2, -0.15) is 0 Å². The number of anilines is 1. The van der Waals surface area contributed by atoms with Gasteiger partial charge in [0, 0.05) is 43.9 Å². The van der Waals surface area contributed by atoms with E-state index in [9.17, 15) is 19.2 Å². The fourth-order valence-corrected chi connectivity index (χ4v) is 7.27. The molecular formula is C34H32N4O5. The van der Waals surface area contributed by atoms with E-state index >= 15 is 0 Å². The number of imide groups is 2. The first-order chi connectivity index (χ1) is 20.9. The second-order valence-electron chi connectivity index (χ2n) is 11.9. The number of nitrogens with one attached hydrogen (secondary N) is 1. The van der Waals surface area contributed by atoms with Crippen LogP contribution < -0.4 is 20.5 Å². The van der Waals surface area contributed by atoms with Gasteiger partial charge in [-0.25, -0.2) is 9.69 Å². The molecule has 4 aromatic rings. The van der Waals surface area contributed by atoms with Crippen molar-refractivity contribution in [3.05, 3.63) is 107 Å². The van der Waals surface area contributed by atoms with Crippen LogP contribution in [0.3, 0.4) is 0 Å². The molecule has 1 N–H and O–H groups in total. The van der Waals surface area contributed by atoms with E-state index in [-0.39, 0.29) is 30.4 Å². The molecule has 3 atom stereocenters. The van der Waals surface area contributed by atoms with Gasteiger partial charge < -0.3 is 14.2 Å². The van der Waals surface area contributed by atoms with Crippen molar-refractivity contribution < 1.29 is 19.1 Å². The third-order valence-electron chi connectivity index (χ3n) is 9.22. The van der Waals surface area contributed by atoms with Crippen molar-refractivity contribution in [1.29, 1.82) is 0 Å². The molecule has 1 aromatic heterocycles. The van der Waals surface area contributed by atoms with Crippen LogP contribution >= 0.6 is 0 Å². The van der Waals surface area contributed by atoms with Crippen LogP contribution in [0.4, 0.5) is 10.5 Å². The van der Waals surface area contributed by atoms with Crippen LogP contribution in [0.2, 0.25) is 0 Å². The van der Waals surface area contributed by atoms with Crippen LogP contribution in [0.1, 0.15) is 23.6 Å². The average Bonchev–Trinajstić information content (AvgIpc) is 3.01. The van der Waals surface area contributed by atoms with E-state index in [1.54, 1.807) is 43.5 Å². The summed E-state index contributed by atoms with van der Waals surface area (Å²) in [5.41, 5.74) is 0.649. The maximum atomic E-state index is 14.7. The van der Waals surface area contributed by atoms with Crippen LogP contribution in [-0.4, -0.2) is 54.1 Å². The molecule has 9 heteroatoms. The number of nitrogens with zero attached hydrogens (tertiary/aromatic N) is 3. The summed E-state index contributed by atoms with van der Waals surface area (Å²) in [6.45, 7) is 2.00. The Morgan fingerprint density at radius 1 is 0.860 bits per heavy atom. The van der Waals surface area contributed by atoms with Crippen molar-refractivity contribution in [2.75, 3.05) is 31.6 Å². The predicted molar refractivity (Wildman–Crippen MR) is 162 cm³/mol. The fourth-order valence-electron chi connectivity index (χ4n) is 7.27. The molecule has 0 radical (unpaired) electrons. The van der Waals surface area contributed by atoms with Crippen molar-refractivity contribution >= 4 is 34.3 Å². The van der Waals surface area contributed by atoms with Gasteiger partial charge in [-0.3, -0.25) is 19.7 Å². The zero-order valence-corrected chi connectivity index (χ0v) is 23.9. The van der Waals surface area contributed by atoms with Gasteiger partial charge in [0.25, 0.3) is 11.5 Å². The normalized spacial score (nSPS) is 23.7. The van der Waals surface area contributed by atoms with Crippen LogP contribution in [0.25, 0.3) is 10.8 Å². The number of barbiturate groups is 1. The largest absolute Gasteiger partial charge is 0.497 e. The first-order valence-electron chi connectivity index (χ1n) is 14.6. The third-order valence-corrected chi connectivity index (χ3v) is 9.22. The number of urea groups is 1. The molecule has 0 spiro atoms. The van der Waals surface area contributed by atoms with E-state index in [2.05, 4.69) is 10.2 Å². The lowest BCUT2D eigenvalue weighted by Crippen LogP contribution is -2.68. The summed E-state index contributed by atoms with van der Waals surface area (Å²) in [7, 11) is 1.55. The summed E-state index contributed by atoms with van der Waals surface area (Å²) in [4.78, 5) is 57.8. The molecule has 43 heavy (non-hydrogen) atoms. The van der Waals surface area contributed by atoms with Gasteiger partial charge in [-0.1, -0.05) is 48.5 Å². The Balaban J connectivity index is 1.30. The van der Waals surface area contributed by atoms with Crippen molar-refractivity contribution in [2.45, 2.75) is 25.3 Å². The molecule has 218 valence electrons. The maximum absolute atomic E-state index is 14.7. The zero-order chi connectivity index (χ0) is 29.7. The molecular weight excluding hydrogens is 544 g/mol. The van der Waals surface area contributed by atoms with Gasteiger partial charge in [-0.15, -0.1) is 0 Å². The molecule has 4 heterocycles. The van der Waals surface area contributed by atoms with Gasteiger partial charge >= 0.3 is 6.03 Å². The summed E-state index contributed by atoms with van der Waals surface area (Å²) in [6, 6.07) is 25.1. The van der Waals surface area contributed by atoms with E-state index in [4.69, 9.17) is 4.74 Å². The number of rotatable bonds is 6. The highest BCUT2D eigenvalue weighted by Gasteiger charge is 2.56. The Morgan fingerprint density at radius 3 is 2.44 bits per heavy atom. The van der Waals surface area contributed by atoms with Crippen molar-refractivity contribution in [3.8, 4) is 5.75 Å². The number of hydrogen-bond donors (Lipinski definition) is 1. The van der Waals surface area contributed by atoms with Gasteiger partial charge in [0.2, 0.25) is 5.91 Å². The molecule has 2 saturated heterocycles. The molecule has 4 amide bonds. The van der Waals surface area contributed by atoms with Crippen LogP contribution in [0.5, 0.6) is 5.75 Å². The number of carbonyl (C=O) groups excluding carboxylic acids is 3. The van der Waals surface area contributed by atoms with E-state index in [1.807, 2.05) is 53.1 Å². The molecule has 0 saturated carbocycles. The number of likely N-dealkylation sites (tertiary alicyclic amines) is 1. The van der Waals surface area contributed by atoms with E-state index in [0.717, 1.165) is 33.4 Å². The highest BCUT2D eigenvalue weighted by Crippen LogP contribution is 2.40. The predicted octanol–water partition coefficient (Wildman–Crippen LogP) is 3.94. The van der Waals surface area contributed by atoms with Crippen molar-refractivity contribution in [1.82, 2.24) is 14.8 Å². The Labute approximate surface area is 248 Å². The fraction of sp³-hybridized carbons (Fsp3) is 0.294. The number of piperidine rings is 1. The zero-order valence-electron chi connectivity index (χ0n) is 23.9. The van der Waals surface area contributed by atoms with Crippen molar-refractivity contribution in [2.24, 2.45) is 11.3 Å². The number of benzene rings is 3. The molecule has 3 aromatic carbocycles. The molecule has 2 fully saturated rings. The Hall–Kier alpha value is -4.76. The lowest BCUT2D eigenvalue weighted by atomic mass is 9.75. The lowest BCUT2D eigenvalue weighted by molar-refractivity contribution is -0.144. The summed E-state index contributed by atoms with van der Waals surface area (Å²) in [5.74, 6) is -0.232. The van der Waals surface area contributed by atoms with Crippen LogP contribution in [0.15, 0.2) is 89.7 Å². The van der Waals surface area contributed by atoms with Gasteiger partial charge in [0.1, 0.15) is 11.2 Å². The summed E-state index contributed by atoms with van der Waals surface area (Å²) < 4.78 is 7.14. The summed E-state index contributed by atoms with van der Waals surface area (Å²) in [5, 5.41) is 4.50. The number of amides is 4. The van der Waals surface area contributed by atoms with Gasteiger partial charge in [0.05, 0.1) is 12.8 Å². The minimum absolute atomic E-state index is 0.00329. The Bertz CT molecular complexity index is 1810. The number of ether oxygens (including phenoxy) is 1. The highest BCUT2D eigenvalue weighted by atomic mass is 16.5. The minimum atomic E-state index is -1.57. The van der Waals surface area contributed by atoms with E-state index in [1.165, 1.54) is 0 Å². The number of fused-ring (bicyclic) bond motifs is 5. The second-order valence-corrected chi connectivity index (χ2v) is 11.9. The van der Waals surface area contributed by atoms with E-state index < -0.39 is 23.3 Å². The topological polar surface area (TPSA) is 101 Å². The molecule has 3 aliphatic rings. The van der Waals surface area contributed by atoms with Crippen molar-refractivity contribution in [3.63, 3.8) is 0 Å². The minimum Gasteiger partial charge on any atom is -0.497 e. The number of hydrogen-bond acceptors (Lipinski definition) is 6. The first kappa shape index (κ1) is 27.1. The van der Waals surface area contributed by atoms with E-state index in [0.29, 0.717) is 31.1 Å². The molecule has 9 nitrogen and oxygen atoms in total. The molecule has 0 unspecified atom stereocenters. The number of methoxy groups -OCH3 is 1. The Kier molecular flexibility index (Phi) is 6.62. The summed E-state index contributed by atoms with van der Waals surface area (Å²) in [6.07, 6.45) is 1.08. The number of pyridine rings is 1. The average molecular weight is 577 g/mol. The number of carbonyl (C=O) groups is 3. The highest BCUT2D eigenvalue weighted by molar-refractivity contribution is 6.30. The molecule has 7 rings (SSSR count). The Morgan fingerprint density at radius 2 is 1.63 bits per heavy atom. The summed E-state index contributed by atoms with van der Waals surface area (Å²) >= 11 is 0. The van der Waals surface area contributed by atoms with Crippen LogP contribution in [-0.2, 0) is 22.6 Å². The SMILES string of the molecule is COc1ccc(N2C(=O)NC(=O)[C@](Cc3cccc4ccccc34)(CN3C[C@H]4C[C@@H](C3)c3cccc(=O)n3C4)C2=O)cc1. The standard InChI is InChI=1S/C34H32N4O5/c1-43-27-14-12-26(13-15-27)38-32(41)34(31(40)35-33(38)42,17-24-8-4-7-23-6-2-3-9-28(23)24)21-36-18-22-16-25(20-36)29-10-5-11-30(39)37(29)19-22/h2-15,22,25H,16-21H2,1H3,(H,35,40,42)/t22-,25+,34+/m1/s1. The van der Waals surface area contributed by atoms with Crippen LogP contribution in [0, 0.1) is 11.3 Å². The molecule has 3 aliphatic heterocycles. The molecule has 2 bridgehead atoms. The van der Waals surface area contributed by atoms with Gasteiger partial charge in [0.15, 0.2) is 0 Å². The lowest BCUT2D eigenvalue weighted by Gasteiger charge is -2.47. The second kappa shape index (κ2) is 10.5. The maximum Gasteiger partial charge on any atom is 0.335 e. The first-order valence-corrected chi connectivity index (χ1v) is 14.6. The number of aromatic nitrogens is 1.